The number of rotatable bonds is 54. The second kappa shape index (κ2) is 59.9. The molecule has 0 aliphatic heterocycles. The molecule has 6 heteroatoms. The number of esters is 3. The van der Waals surface area contributed by atoms with Crippen molar-refractivity contribution in [2.24, 2.45) is 0 Å². The van der Waals surface area contributed by atoms with Gasteiger partial charge in [0, 0.05) is 19.3 Å². The lowest BCUT2D eigenvalue weighted by Crippen LogP contribution is -2.30. The van der Waals surface area contributed by atoms with Crippen molar-refractivity contribution in [3.8, 4) is 0 Å². The monoisotopic (exact) mass is 1000 g/mol. The maximum absolute atomic E-state index is 12.8. The Bertz CT molecular complexity index is 1430. The third-order valence-electron chi connectivity index (χ3n) is 12.9. The Hall–Kier alpha value is -3.67. The van der Waals surface area contributed by atoms with Crippen LogP contribution in [0, 0.1) is 0 Å². The summed E-state index contributed by atoms with van der Waals surface area (Å²) in [6.07, 6.45) is 80.3. The molecule has 0 bridgehead atoms. The molecule has 6 nitrogen and oxygen atoms in total. The van der Waals surface area contributed by atoms with E-state index in [1.807, 2.05) is 0 Å². The van der Waals surface area contributed by atoms with Gasteiger partial charge in [0.1, 0.15) is 13.2 Å². The molecule has 0 spiro atoms. The zero-order chi connectivity index (χ0) is 52.2. The molecule has 0 aliphatic rings. The van der Waals surface area contributed by atoms with Gasteiger partial charge in [0.2, 0.25) is 0 Å². The Kier molecular flexibility index (Phi) is 56.8. The van der Waals surface area contributed by atoms with Crippen LogP contribution in [0.5, 0.6) is 0 Å². The number of carbonyl (C=O) groups excluding carboxylic acids is 3. The standard InChI is InChI=1S/C66H112O6/c1-4-7-10-13-15-17-19-21-23-24-25-26-27-28-29-30-31-32-33-34-35-36-37-38-39-40-41-42-43-45-46-48-50-53-56-59-65(68)71-62-63(61-70-64(67)58-55-52-12-9-6-3)72-66(69)60-57-54-51-49-47-44-22-20-18-16-14-11-8-5-2/h7,10,15,17,21,23,25-26,28-29,31-32,34-35,37-38,63H,4-6,8-9,11-14,16,18-20,22,24,27,30,33,36,39-62H2,1-3H3/b10-7-,17-15-,23-21-,26-25-,29-28-,32-31-,35-34-,38-37-. The minimum absolute atomic E-state index is 0.0757. The zero-order valence-electron chi connectivity index (χ0n) is 47.2. The van der Waals surface area contributed by atoms with Gasteiger partial charge in [-0.15, -0.1) is 0 Å². The van der Waals surface area contributed by atoms with Crippen LogP contribution in [0.1, 0.15) is 284 Å². The van der Waals surface area contributed by atoms with Crippen molar-refractivity contribution >= 4 is 17.9 Å². The molecule has 0 amide bonds. The number of carbonyl (C=O) groups is 3. The summed E-state index contributed by atoms with van der Waals surface area (Å²) in [5.41, 5.74) is 0. The molecule has 72 heavy (non-hydrogen) atoms. The number of hydrogen-bond acceptors (Lipinski definition) is 6. The Morgan fingerprint density at radius 1 is 0.292 bits per heavy atom. The molecule has 1 unspecified atom stereocenters. The summed E-state index contributed by atoms with van der Waals surface area (Å²) in [7, 11) is 0. The third kappa shape index (κ3) is 57.2. The van der Waals surface area contributed by atoms with Gasteiger partial charge in [0.05, 0.1) is 0 Å². The predicted molar refractivity (Wildman–Crippen MR) is 311 cm³/mol. The highest BCUT2D eigenvalue weighted by Gasteiger charge is 2.19. The van der Waals surface area contributed by atoms with Crippen molar-refractivity contribution in [2.75, 3.05) is 13.2 Å². The van der Waals surface area contributed by atoms with E-state index < -0.39 is 6.10 Å². The quantitative estimate of drug-likeness (QED) is 0.0261. The smallest absolute Gasteiger partial charge is 0.306 e. The average molecular weight is 1000 g/mol. The second-order valence-electron chi connectivity index (χ2n) is 19.9. The highest BCUT2D eigenvalue weighted by atomic mass is 16.6. The first-order chi connectivity index (χ1) is 35.5. The molecule has 0 aromatic carbocycles. The van der Waals surface area contributed by atoms with Crippen molar-refractivity contribution < 1.29 is 28.6 Å². The van der Waals surface area contributed by atoms with E-state index in [0.717, 1.165) is 116 Å². The topological polar surface area (TPSA) is 78.9 Å². The minimum Gasteiger partial charge on any atom is -0.462 e. The van der Waals surface area contributed by atoms with Crippen LogP contribution < -0.4 is 0 Å². The van der Waals surface area contributed by atoms with Crippen LogP contribution >= 0.6 is 0 Å². The third-order valence-corrected chi connectivity index (χ3v) is 12.9. The van der Waals surface area contributed by atoms with Gasteiger partial charge in [-0.2, -0.15) is 0 Å². The first kappa shape index (κ1) is 68.3. The number of allylic oxidation sites excluding steroid dienone is 16. The lowest BCUT2D eigenvalue weighted by atomic mass is 10.0. The van der Waals surface area contributed by atoms with Gasteiger partial charge in [-0.3, -0.25) is 14.4 Å². The maximum Gasteiger partial charge on any atom is 0.306 e. The van der Waals surface area contributed by atoms with Crippen LogP contribution in [0.2, 0.25) is 0 Å². The summed E-state index contributed by atoms with van der Waals surface area (Å²) in [5.74, 6) is -0.888. The maximum atomic E-state index is 12.8. The van der Waals surface area contributed by atoms with Crippen LogP contribution in [0.25, 0.3) is 0 Å². The van der Waals surface area contributed by atoms with E-state index in [4.69, 9.17) is 14.2 Å². The van der Waals surface area contributed by atoms with E-state index in [9.17, 15) is 14.4 Å². The van der Waals surface area contributed by atoms with Gasteiger partial charge in [-0.1, -0.05) is 279 Å². The minimum atomic E-state index is -0.772. The fraction of sp³-hybridized carbons (Fsp3) is 0.712. The lowest BCUT2D eigenvalue weighted by Gasteiger charge is -2.18. The zero-order valence-corrected chi connectivity index (χ0v) is 47.2. The van der Waals surface area contributed by atoms with Gasteiger partial charge in [0.25, 0.3) is 0 Å². The molecule has 1 atom stereocenters. The molecule has 0 rings (SSSR count). The summed E-state index contributed by atoms with van der Waals surface area (Å²) in [6.45, 7) is 6.45. The van der Waals surface area contributed by atoms with E-state index in [0.29, 0.717) is 19.3 Å². The number of hydrogen-bond donors (Lipinski definition) is 0. The molecule has 0 heterocycles. The molecular weight excluding hydrogens is 889 g/mol. The van der Waals surface area contributed by atoms with Crippen molar-refractivity contribution in [2.45, 2.75) is 290 Å². The van der Waals surface area contributed by atoms with Crippen LogP contribution in [-0.2, 0) is 28.6 Å². The van der Waals surface area contributed by atoms with Crippen LogP contribution in [0.3, 0.4) is 0 Å². The summed E-state index contributed by atoms with van der Waals surface area (Å²) in [4.78, 5) is 37.8. The van der Waals surface area contributed by atoms with E-state index >= 15 is 0 Å². The fourth-order valence-electron chi connectivity index (χ4n) is 8.34. The summed E-state index contributed by atoms with van der Waals surface area (Å²) < 4.78 is 16.7. The SMILES string of the molecule is CC/C=C\C/C=C\C/C=C\C/C=C\C/C=C\C/C=C\C/C=C\C/C=C\CCCCCCCCCCCCC(=O)OCC(COC(=O)CCCCCCC)OC(=O)CCCCCCCCCCCCCCCC. The van der Waals surface area contributed by atoms with Gasteiger partial charge in [0.15, 0.2) is 6.10 Å². The first-order valence-electron chi connectivity index (χ1n) is 30.2. The number of ether oxygens (including phenoxy) is 3. The Morgan fingerprint density at radius 3 is 0.847 bits per heavy atom. The molecule has 0 saturated heterocycles. The van der Waals surface area contributed by atoms with Crippen LogP contribution in [0.15, 0.2) is 97.2 Å². The molecule has 0 saturated carbocycles. The van der Waals surface area contributed by atoms with Crippen molar-refractivity contribution in [1.82, 2.24) is 0 Å². The van der Waals surface area contributed by atoms with E-state index in [-0.39, 0.29) is 31.1 Å². The Labute approximate surface area is 445 Å². The summed E-state index contributed by atoms with van der Waals surface area (Å²) >= 11 is 0. The lowest BCUT2D eigenvalue weighted by molar-refractivity contribution is -0.167. The van der Waals surface area contributed by atoms with E-state index in [1.54, 1.807) is 0 Å². The van der Waals surface area contributed by atoms with E-state index in [2.05, 4.69) is 118 Å². The first-order valence-corrected chi connectivity index (χ1v) is 30.2. The van der Waals surface area contributed by atoms with Gasteiger partial charge in [-0.05, 0) is 83.5 Å². The highest BCUT2D eigenvalue weighted by Crippen LogP contribution is 2.16. The van der Waals surface area contributed by atoms with Crippen LogP contribution in [0.4, 0.5) is 0 Å². The van der Waals surface area contributed by atoms with Crippen molar-refractivity contribution in [3.05, 3.63) is 97.2 Å². The molecule has 0 aromatic heterocycles. The van der Waals surface area contributed by atoms with Gasteiger partial charge >= 0.3 is 17.9 Å². The van der Waals surface area contributed by atoms with Crippen molar-refractivity contribution in [1.29, 1.82) is 0 Å². The van der Waals surface area contributed by atoms with Crippen LogP contribution in [-0.4, -0.2) is 37.2 Å². The Morgan fingerprint density at radius 2 is 0.542 bits per heavy atom. The average Bonchev–Trinajstić information content (AvgIpc) is 3.38. The molecule has 0 fully saturated rings. The highest BCUT2D eigenvalue weighted by molar-refractivity contribution is 5.71. The second-order valence-corrected chi connectivity index (χ2v) is 19.9. The summed E-state index contributed by atoms with van der Waals surface area (Å²) in [6, 6.07) is 0. The molecule has 0 aliphatic carbocycles. The summed E-state index contributed by atoms with van der Waals surface area (Å²) in [5, 5.41) is 0. The van der Waals surface area contributed by atoms with Crippen molar-refractivity contribution in [3.63, 3.8) is 0 Å². The van der Waals surface area contributed by atoms with Gasteiger partial charge < -0.3 is 14.2 Å². The molecule has 0 aromatic rings. The van der Waals surface area contributed by atoms with Gasteiger partial charge in [-0.25, -0.2) is 0 Å². The molecule has 412 valence electrons. The molecule has 0 N–H and O–H groups in total. The van der Waals surface area contributed by atoms with E-state index in [1.165, 1.54) is 128 Å². The fourth-order valence-corrected chi connectivity index (χ4v) is 8.34. The largest absolute Gasteiger partial charge is 0.462 e. The normalized spacial score (nSPS) is 12.8. The molecule has 0 radical (unpaired) electrons. The molecular formula is C66H112O6. The Balaban J connectivity index is 4.00. The number of unbranched alkanes of at least 4 members (excludes halogenated alkanes) is 27. The predicted octanol–water partition coefficient (Wildman–Crippen LogP) is 20.5.